The van der Waals surface area contributed by atoms with E-state index in [9.17, 15) is 5.11 Å². The van der Waals surface area contributed by atoms with Crippen molar-refractivity contribution < 1.29 is 18.7 Å². The number of hydrogen-bond donors (Lipinski definition) is 1. The molecule has 0 spiro atoms. The topological polar surface area (TPSA) is 59.0 Å². The fourth-order valence-electron chi connectivity index (χ4n) is 2.53. The minimum absolute atomic E-state index is 0.204. The molecule has 6 heteroatoms. The van der Waals surface area contributed by atoms with Gasteiger partial charge in [-0.05, 0) is 52.3 Å². The van der Waals surface area contributed by atoms with Crippen LogP contribution in [0.1, 0.15) is 11.5 Å². The summed E-state index contributed by atoms with van der Waals surface area (Å²) in [5.74, 6) is 2.39. The van der Waals surface area contributed by atoms with E-state index in [2.05, 4.69) is 20.8 Å². The monoisotopic (exact) mass is 405 g/mol. The third-order valence-electron chi connectivity index (χ3n) is 3.66. The van der Waals surface area contributed by atoms with E-state index in [-0.39, 0.29) is 6.61 Å². The highest BCUT2D eigenvalue weighted by Gasteiger charge is 2.16. The van der Waals surface area contributed by atoms with Gasteiger partial charge in [-0.15, -0.1) is 0 Å². The summed E-state index contributed by atoms with van der Waals surface area (Å²) < 4.78 is 17.4. The summed E-state index contributed by atoms with van der Waals surface area (Å²) in [5.41, 5.74) is 0. The van der Waals surface area contributed by atoms with Gasteiger partial charge in [0.05, 0.1) is 30.1 Å². The Morgan fingerprint density at radius 1 is 0.960 bits per heavy atom. The zero-order valence-corrected chi connectivity index (χ0v) is 15.3. The first kappa shape index (κ1) is 17.8. The van der Waals surface area contributed by atoms with Gasteiger partial charge in [-0.2, -0.15) is 0 Å². The van der Waals surface area contributed by atoms with Gasteiger partial charge in [0.15, 0.2) is 0 Å². The maximum atomic E-state index is 10.4. The van der Waals surface area contributed by atoms with E-state index in [4.69, 9.17) is 13.6 Å². The molecule has 2 heterocycles. The Hall–Kier alpha value is -2.02. The fourth-order valence-corrected chi connectivity index (χ4v) is 2.93. The summed E-state index contributed by atoms with van der Waals surface area (Å²) in [6.45, 7) is 1.81. The molecule has 0 amide bonds. The standard InChI is InChI=1S/C19H20BrNO4/c20-18-7-1-2-8-19(18)25-14-15(22)11-21(12-16-5-3-9-23-16)13-17-6-4-10-24-17/h1-10,15,22H,11-14H2. The number of aliphatic hydroxyl groups excluding tert-OH is 1. The summed E-state index contributed by atoms with van der Waals surface area (Å²) in [6, 6.07) is 15.1. The van der Waals surface area contributed by atoms with Gasteiger partial charge < -0.3 is 18.7 Å². The summed E-state index contributed by atoms with van der Waals surface area (Å²) in [5, 5.41) is 10.4. The van der Waals surface area contributed by atoms with Gasteiger partial charge in [0.1, 0.15) is 30.0 Å². The maximum absolute atomic E-state index is 10.4. The molecule has 0 saturated carbocycles. The Kier molecular flexibility index (Phi) is 6.33. The predicted octanol–water partition coefficient (Wildman–Crippen LogP) is 4.08. The molecule has 0 fully saturated rings. The van der Waals surface area contributed by atoms with Gasteiger partial charge in [-0.1, -0.05) is 12.1 Å². The number of hydrogen-bond acceptors (Lipinski definition) is 5. The van der Waals surface area contributed by atoms with Crippen molar-refractivity contribution in [3.63, 3.8) is 0 Å². The lowest BCUT2D eigenvalue weighted by atomic mass is 10.3. The third kappa shape index (κ3) is 5.49. The van der Waals surface area contributed by atoms with Gasteiger partial charge in [0.2, 0.25) is 0 Å². The minimum atomic E-state index is -0.642. The van der Waals surface area contributed by atoms with E-state index in [1.54, 1.807) is 12.5 Å². The van der Waals surface area contributed by atoms with Crippen LogP contribution in [-0.4, -0.2) is 29.3 Å². The molecule has 0 aliphatic rings. The Labute approximate surface area is 154 Å². The summed E-state index contributed by atoms with van der Waals surface area (Å²) >= 11 is 3.44. The number of rotatable bonds is 9. The largest absolute Gasteiger partial charge is 0.490 e. The number of benzene rings is 1. The molecule has 0 bridgehead atoms. The first-order valence-electron chi connectivity index (χ1n) is 8.03. The Morgan fingerprint density at radius 2 is 1.60 bits per heavy atom. The Balaban J connectivity index is 1.57. The second kappa shape index (κ2) is 8.89. The maximum Gasteiger partial charge on any atom is 0.133 e. The van der Waals surface area contributed by atoms with Crippen molar-refractivity contribution in [1.29, 1.82) is 0 Å². The van der Waals surface area contributed by atoms with Gasteiger partial charge in [-0.25, -0.2) is 0 Å². The zero-order valence-electron chi connectivity index (χ0n) is 13.7. The van der Waals surface area contributed by atoms with Crippen molar-refractivity contribution in [2.24, 2.45) is 0 Å². The molecule has 5 nitrogen and oxygen atoms in total. The number of halogens is 1. The van der Waals surface area contributed by atoms with E-state index in [1.165, 1.54) is 0 Å². The molecule has 0 radical (unpaired) electrons. The van der Waals surface area contributed by atoms with Gasteiger partial charge in [0, 0.05) is 6.54 Å². The van der Waals surface area contributed by atoms with Crippen molar-refractivity contribution in [3.8, 4) is 5.75 Å². The predicted molar refractivity (Wildman–Crippen MR) is 97.2 cm³/mol. The molecule has 0 aliphatic heterocycles. The minimum Gasteiger partial charge on any atom is -0.490 e. The molecule has 1 aromatic carbocycles. The molecule has 25 heavy (non-hydrogen) atoms. The molecule has 0 saturated heterocycles. The summed E-state index contributed by atoms with van der Waals surface area (Å²) in [7, 11) is 0. The van der Waals surface area contributed by atoms with Crippen LogP contribution in [0.5, 0.6) is 5.75 Å². The zero-order chi connectivity index (χ0) is 17.5. The average Bonchev–Trinajstić information content (AvgIpc) is 3.28. The van der Waals surface area contributed by atoms with Crippen molar-refractivity contribution in [1.82, 2.24) is 4.90 Å². The molecule has 2 aromatic heterocycles. The first-order chi connectivity index (χ1) is 12.2. The van der Waals surface area contributed by atoms with Crippen molar-refractivity contribution in [3.05, 3.63) is 77.1 Å². The lowest BCUT2D eigenvalue weighted by Crippen LogP contribution is -2.34. The molecule has 3 rings (SSSR count). The van der Waals surface area contributed by atoms with E-state index < -0.39 is 6.10 Å². The van der Waals surface area contributed by atoms with Crippen LogP contribution in [-0.2, 0) is 13.1 Å². The smallest absolute Gasteiger partial charge is 0.133 e. The van der Waals surface area contributed by atoms with Crippen molar-refractivity contribution >= 4 is 15.9 Å². The van der Waals surface area contributed by atoms with Crippen LogP contribution in [0.15, 0.2) is 74.4 Å². The molecule has 1 unspecified atom stereocenters. The SMILES string of the molecule is OC(COc1ccccc1Br)CN(Cc1ccco1)Cc1ccco1. The fraction of sp³-hybridized carbons (Fsp3) is 0.263. The van der Waals surface area contributed by atoms with Crippen molar-refractivity contribution in [2.75, 3.05) is 13.2 Å². The van der Waals surface area contributed by atoms with Crippen LogP contribution < -0.4 is 4.74 Å². The average molecular weight is 406 g/mol. The van der Waals surface area contributed by atoms with Crippen LogP contribution in [0, 0.1) is 0 Å². The molecular formula is C19H20BrNO4. The summed E-state index contributed by atoms with van der Waals surface area (Å²) in [6.07, 6.45) is 2.65. The van der Waals surface area contributed by atoms with E-state index >= 15 is 0 Å². The lowest BCUT2D eigenvalue weighted by Gasteiger charge is -2.23. The molecule has 1 N–H and O–H groups in total. The van der Waals surface area contributed by atoms with Crippen LogP contribution >= 0.6 is 15.9 Å². The summed E-state index contributed by atoms with van der Waals surface area (Å²) in [4.78, 5) is 2.06. The van der Waals surface area contributed by atoms with Crippen LogP contribution in [0.25, 0.3) is 0 Å². The molecule has 0 aliphatic carbocycles. The molecular weight excluding hydrogens is 386 g/mol. The molecule has 3 aromatic rings. The number of ether oxygens (including phenoxy) is 1. The highest BCUT2D eigenvalue weighted by Crippen LogP contribution is 2.24. The number of nitrogens with zero attached hydrogens (tertiary/aromatic N) is 1. The second-order valence-corrected chi connectivity index (χ2v) is 6.58. The van der Waals surface area contributed by atoms with Gasteiger partial charge in [-0.3, -0.25) is 4.90 Å². The van der Waals surface area contributed by atoms with E-state index in [0.717, 1.165) is 16.0 Å². The molecule has 1 atom stereocenters. The van der Waals surface area contributed by atoms with E-state index in [1.807, 2.05) is 48.5 Å². The number of aliphatic hydroxyl groups is 1. The second-order valence-electron chi connectivity index (χ2n) is 5.72. The van der Waals surface area contributed by atoms with Crippen molar-refractivity contribution in [2.45, 2.75) is 19.2 Å². The van der Waals surface area contributed by atoms with Gasteiger partial charge >= 0.3 is 0 Å². The van der Waals surface area contributed by atoms with Gasteiger partial charge in [0.25, 0.3) is 0 Å². The Morgan fingerprint density at radius 3 is 2.16 bits per heavy atom. The van der Waals surface area contributed by atoms with Crippen LogP contribution in [0.2, 0.25) is 0 Å². The first-order valence-corrected chi connectivity index (χ1v) is 8.82. The molecule has 132 valence electrons. The number of furan rings is 2. The third-order valence-corrected chi connectivity index (χ3v) is 4.31. The Bertz CT molecular complexity index is 706. The van der Waals surface area contributed by atoms with Crippen LogP contribution in [0.3, 0.4) is 0 Å². The normalized spacial score (nSPS) is 12.4. The van der Waals surface area contributed by atoms with E-state index in [0.29, 0.717) is 25.4 Å². The lowest BCUT2D eigenvalue weighted by molar-refractivity contribution is 0.0578. The number of para-hydroxylation sites is 1. The quantitative estimate of drug-likeness (QED) is 0.581. The van der Waals surface area contributed by atoms with Crippen LogP contribution in [0.4, 0.5) is 0 Å². The highest BCUT2D eigenvalue weighted by molar-refractivity contribution is 9.10. The highest BCUT2D eigenvalue weighted by atomic mass is 79.9.